The molecule has 1 atom stereocenters. The fourth-order valence-corrected chi connectivity index (χ4v) is 4.44. The molecule has 1 amide bonds. The van der Waals surface area contributed by atoms with Gasteiger partial charge in [0.15, 0.2) is 17.3 Å². The number of carbonyl (C=O) groups excluding carboxylic acids is 2. The van der Waals surface area contributed by atoms with Crippen molar-refractivity contribution in [1.82, 2.24) is 4.90 Å². The third-order valence-electron chi connectivity index (χ3n) is 6.24. The lowest BCUT2D eigenvalue weighted by atomic mass is 9.88. The van der Waals surface area contributed by atoms with Gasteiger partial charge in [-0.1, -0.05) is 0 Å². The molecule has 0 aliphatic carbocycles. The van der Waals surface area contributed by atoms with Gasteiger partial charge in [-0.05, 0) is 81.9 Å². The monoisotopic (exact) mass is 419 g/mol. The molecule has 5 rings (SSSR count). The standard InChI is InChI=1S/C24H25N3O4/c1-14(28)15-3-5-19-18(11-15)22(24(29)26-19)23(25-17-7-9-27(2)10-8-17)16-4-6-20-21(12-16)31-13-30-20/h3-6,11-12,17,22H,7-10,13H2,1-2H3,(H,26,29). The number of likely N-dealkylation sites (tertiary alicyclic amines) is 1. The molecule has 160 valence electrons. The van der Waals surface area contributed by atoms with Gasteiger partial charge in [-0.2, -0.15) is 0 Å². The quantitative estimate of drug-likeness (QED) is 0.608. The van der Waals surface area contributed by atoms with Crippen molar-refractivity contribution in [3.05, 3.63) is 53.1 Å². The summed E-state index contributed by atoms with van der Waals surface area (Å²) in [5, 5.41) is 2.97. The molecule has 2 aromatic carbocycles. The van der Waals surface area contributed by atoms with Crippen LogP contribution in [0.5, 0.6) is 11.5 Å². The lowest BCUT2D eigenvalue weighted by Gasteiger charge is -2.28. The Labute approximate surface area is 181 Å². The van der Waals surface area contributed by atoms with Gasteiger partial charge < -0.3 is 19.7 Å². The molecular weight excluding hydrogens is 394 g/mol. The van der Waals surface area contributed by atoms with Crippen molar-refractivity contribution < 1.29 is 19.1 Å². The van der Waals surface area contributed by atoms with E-state index in [0.717, 1.165) is 42.7 Å². The summed E-state index contributed by atoms with van der Waals surface area (Å²) in [5.74, 6) is 0.620. The van der Waals surface area contributed by atoms with E-state index in [2.05, 4.69) is 17.3 Å². The third kappa shape index (κ3) is 3.70. The topological polar surface area (TPSA) is 80.2 Å². The minimum Gasteiger partial charge on any atom is -0.454 e. The molecule has 1 saturated heterocycles. The Morgan fingerprint density at radius 3 is 2.58 bits per heavy atom. The zero-order valence-corrected chi connectivity index (χ0v) is 17.7. The van der Waals surface area contributed by atoms with E-state index in [4.69, 9.17) is 14.5 Å². The average Bonchev–Trinajstić information content (AvgIpc) is 3.35. The molecule has 31 heavy (non-hydrogen) atoms. The van der Waals surface area contributed by atoms with Crippen molar-refractivity contribution in [3.63, 3.8) is 0 Å². The Morgan fingerprint density at radius 1 is 1.06 bits per heavy atom. The number of piperidine rings is 1. The molecule has 7 nitrogen and oxygen atoms in total. The summed E-state index contributed by atoms with van der Waals surface area (Å²) in [4.78, 5) is 32.5. The predicted octanol–water partition coefficient (Wildman–Crippen LogP) is 3.24. The highest BCUT2D eigenvalue weighted by Crippen LogP contribution is 2.39. The maximum atomic E-state index is 13.1. The van der Waals surface area contributed by atoms with Crippen molar-refractivity contribution in [1.29, 1.82) is 0 Å². The molecule has 0 bridgehead atoms. The molecule has 7 heteroatoms. The number of ether oxygens (including phenoxy) is 2. The highest BCUT2D eigenvalue weighted by Gasteiger charge is 2.37. The fourth-order valence-electron chi connectivity index (χ4n) is 4.44. The van der Waals surface area contributed by atoms with Crippen LogP contribution in [0.1, 0.15) is 47.2 Å². The number of Topliss-reactive ketones (excluding diaryl/α,β-unsaturated/α-hetero) is 1. The smallest absolute Gasteiger partial charge is 0.238 e. The predicted molar refractivity (Wildman–Crippen MR) is 117 cm³/mol. The first-order valence-corrected chi connectivity index (χ1v) is 10.6. The van der Waals surface area contributed by atoms with Gasteiger partial charge in [0.2, 0.25) is 12.7 Å². The van der Waals surface area contributed by atoms with E-state index in [1.165, 1.54) is 6.92 Å². The van der Waals surface area contributed by atoms with Crippen LogP contribution in [0.15, 0.2) is 41.4 Å². The van der Waals surface area contributed by atoms with Crippen molar-refractivity contribution in [2.24, 2.45) is 4.99 Å². The van der Waals surface area contributed by atoms with E-state index >= 15 is 0 Å². The molecule has 0 saturated carbocycles. The number of amides is 1. The summed E-state index contributed by atoms with van der Waals surface area (Å²) in [6.07, 6.45) is 1.89. The van der Waals surface area contributed by atoms with E-state index in [1.807, 2.05) is 24.3 Å². The zero-order chi connectivity index (χ0) is 21.5. The number of carbonyl (C=O) groups is 2. The molecule has 2 aromatic rings. The first-order valence-electron chi connectivity index (χ1n) is 10.6. The zero-order valence-electron chi connectivity index (χ0n) is 17.7. The first kappa shape index (κ1) is 19.8. The number of ketones is 1. The maximum Gasteiger partial charge on any atom is 0.238 e. The second kappa shape index (κ2) is 7.81. The summed E-state index contributed by atoms with van der Waals surface area (Å²) in [7, 11) is 2.11. The third-order valence-corrected chi connectivity index (χ3v) is 6.24. The Kier molecular flexibility index (Phi) is 4.98. The number of aliphatic imine (C=N–C) groups is 1. The maximum absolute atomic E-state index is 13.1. The molecule has 0 spiro atoms. The van der Waals surface area contributed by atoms with Crippen LogP contribution >= 0.6 is 0 Å². The highest BCUT2D eigenvalue weighted by atomic mass is 16.7. The summed E-state index contributed by atoms with van der Waals surface area (Å²) in [6, 6.07) is 11.2. The highest BCUT2D eigenvalue weighted by molar-refractivity contribution is 6.24. The molecule has 3 heterocycles. The van der Waals surface area contributed by atoms with Gasteiger partial charge in [-0.3, -0.25) is 14.6 Å². The molecule has 0 aromatic heterocycles. The van der Waals surface area contributed by atoms with E-state index in [0.29, 0.717) is 22.8 Å². The second-order valence-corrected chi connectivity index (χ2v) is 8.40. The minimum atomic E-state index is -0.575. The summed E-state index contributed by atoms with van der Waals surface area (Å²) < 4.78 is 11.0. The molecule has 1 fully saturated rings. The number of hydrogen-bond donors (Lipinski definition) is 1. The normalized spacial score (nSPS) is 21.2. The minimum absolute atomic E-state index is 0.0298. The van der Waals surface area contributed by atoms with Crippen LogP contribution in [0.25, 0.3) is 0 Å². The second-order valence-electron chi connectivity index (χ2n) is 8.40. The van der Waals surface area contributed by atoms with E-state index in [-0.39, 0.29) is 24.5 Å². The lowest BCUT2D eigenvalue weighted by molar-refractivity contribution is -0.115. The van der Waals surface area contributed by atoms with Gasteiger partial charge in [0.25, 0.3) is 0 Å². The molecule has 1 N–H and O–H groups in total. The van der Waals surface area contributed by atoms with Gasteiger partial charge in [0.1, 0.15) is 5.92 Å². The molecule has 3 aliphatic heterocycles. The number of anilines is 1. The molecule has 0 radical (unpaired) electrons. The number of nitrogens with zero attached hydrogens (tertiary/aromatic N) is 2. The van der Waals surface area contributed by atoms with Crippen LogP contribution in [-0.4, -0.2) is 55.3 Å². The van der Waals surface area contributed by atoms with Gasteiger partial charge in [-0.25, -0.2) is 0 Å². The summed E-state index contributed by atoms with van der Waals surface area (Å²) in [6.45, 7) is 3.68. The van der Waals surface area contributed by atoms with E-state index in [1.54, 1.807) is 12.1 Å². The summed E-state index contributed by atoms with van der Waals surface area (Å²) in [5.41, 5.74) is 3.66. The van der Waals surface area contributed by atoms with Crippen LogP contribution in [0, 0.1) is 0 Å². The Morgan fingerprint density at radius 2 is 1.81 bits per heavy atom. The van der Waals surface area contributed by atoms with Crippen LogP contribution in [0.2, 0.25) is 0 Å². The lowest BCUT2D eigenvalue weighted by Crippen LogP contribution is -2.33. The average molecular weight is 419 g/mol. The van der Waals surface area contributed by atoms with Crippen molar-refractivity contribution in [3.8, 4) is 11.5 Å². The molecular formula is C24H25N3O4. The van der Waals surface area contributed by atoms with Gasteiger partial charge in [0, 0.05) is 16.8 Å². The fraction of sp³-hybridized carbons (Fsp3) is 0.375. The number of benzene rings is 2. The molecule has 1 unspecified atom stereocenters. The van der Waals surface area contributed by atoms with Gasteiger partial charge in [0.05, 0.1) is 11.8 Å². The SMILES string of the molecule is CC(=O)c1ccc2c(c1)C(C(=NC1CCN(C)CC1)c1ccc3c(c1)OCO3)C(=O)N2. The van der Waals surface area contributed by atoms with Crippen molar-refractivity contribution >= 4 is 23.1 Å². The van der Waals surface area contributed by atoms with E-state index in [9.17, 15) is 9.59 Å². The Balaban J connectivity index is 1.60. The van der Waals surface area contributed by atoms with Gasteiger partial charge in [-0.15, -0.1) is 0 Å². The number of hydrogen-bond acceptors (Lipinski definition) is 6. The first-order chi connectivity index (χ1) is 15.0. The Hall–Kier alpha value is -3.19. The molecule has 3 aliphatic rings. The Bertz CT molecular complexity index is 1090. The van der Waals surface area contributed by atoms with Crippen LogP contribution in [0.4, 0.5) is 5.69 Å². The van der Waals surface area contributed by atoms with Crippen molar-refractivity contribution in [2.45, 2.75) is 31.7 Å². The van der Waals surface area contributed by atoms with Crippen LogP contribution < -0.4 is 14.8 Å². The van der Waals surface area contributed by atoms with E-state index < -0.39 is 5.92 Å². The van der Waals surface area contributed by atoms with Gasteiger partial charge >= 0.3 is 0 Å². The van der Waals surface area contributed by atoms with Crippen LogP contribution in [0.3, 0.4) is 0 Å². The number of rotatable bonds is 4. The van der Waals surface area contributed by atoms with Crippen LogP contribution in [-0.2, 0) is 4.79 Å². The number of nitrogens with one attached hydrogen (secondary N) is 1. The summed E-state index contributed by atoms with van der Waals surface area (Å²) >= 11 is 0. The largest absolute Gasteiger partial charge is 0.454 e. The number of fused-ring (bicyclic) bond motifs is 2. The van der Waals surface area contributed by atoms with Crippen molar-refractivity contribution in [2.75, 3.05) is 32.2 Å².